The summed E-state index contributed by atoms with van der Waals surface area (Å²) in [6.45, 7) is 2.16. The summed E-state index contributed by atoms with van der Waals surface area (Å²) in [6, 6.07) is 76.9. The van der Waals surface area contributed by atoms with Crippen molar-refractivity contribution in [3.63, 3.8) is 0 Å². The highest BCUT2D eigenvalue weighted by atomic mass is 16.3. The van der Waals surface area contributed by atoms with Gasteiger partial charge in [-0.05, 0) is 83.8 Å². The first-order chi connectivity index (χ1) is 31.2. The van der Waals surface area contributed by atoms with Gasteiger partial charge in [0.15, 0.2) is 0 Å². The van der Waals surface area contributed by atoms with Crippen LogP contribution >= 0.6 is 0 Å². The molecular formula is C59H40N2O2. The van der Waals surface area contributed by atoms with Gasteiger partial charge in [-0.25, -0.2) is 0 Å². The van der Waals surface area contributed by atoms with Gasteiger partial charge in [0.05, 0.1) is 11.0 Å². The number of hydrogen-bond acceptors (Lipinski definition) is 3. The number of nitrogens with zero attached hydrogens (tertiary/aromatic N) is 1. The lowest BCUT2D eigenvalue weighted by atomic mass is 9.95. The molecule has 4 heteroatoms. The highest BCUT2D eigenvalue weighted by molar-refractivity contribution is 6.12. The third kappa shape index (κ3) is 6.23. The molecule has 12 rings (SSSR count). The van der Waals surface area contributed by atoms with Gasteiger partial charge in [-0.2, -0.15) is 0 Å². The maximum atomic E-state index is 6.96. The van der Waals surface area contributed by atoms with Crippen LogP contribution in [0.4, 0.5) is 11.4 Å². The van der Waals surface area contributed by atoms with Gasteiger partial charge in [0.25, 0.3) is 0 Å². The Hall–Kier alpha value is -8.34. The zero-order valence-corrected chi connectivity index (χ0v) is 34.5. The second kappa shape index (κ2) is 15.0. The number of fused-ring (bicyclic) bond motifs is 5. The van der Waals surface area contributed by atoms with Gasteiger partial charge < -0.3 is 18.7 Å². The zero-order chi connectivity index (χ0) is 41.9. The molecule has 3 heterocycles. The third-order valence-electron chi connectivity index (χ3n) is 12.4. The molecule has 0 aliphatic carbocycles. The van der Waals surface area contributed by atoms with Gasteiger partial charge in [0, 0.05) is 66.4 Å². The Balaban J connectivity index is 0.987. The highest BCUT2D eigenvalue weighted by Crippen LogP contribution is 2.47. The molecule has 0 unspecified atom stereocenters. The van der Waals surface area contributed by atoms with E-state index in [9.17, 15) is 0 Å². The SMILES string of the molecule is Cc1ccccc1-c1ccccc1Nc1ccc(-c2c(-c3ccccc3)oc3cc4c(-c5ccc(-n6c7ccccc7c7ccccc76)cc5)c(-c5ccccc5)oc4cc23)cc1. The van der Waals surface area contributed by atoms with Crippen LogP contribution in [0.3, 0.4) is 0 Å². The van der Waals surface area contributed by atoms with Crippen LogP contribution in [0.5, 0.6) is 0 Å². The predicted octanol–water partition coefficient (Wildman–Crippen LogP) is 16.7. The fourth-order valence-corrected chi connectivity index (χ4v) is 9.40. The topological polar surface area (TPSA) is 43.2 Å². The summed E-state index contributed by atoms with van der Waals surface area (Å²) >= 11 is 0. The fourth-order valence-electron chi connectivity index (χ4n) is 9.40. The Morgan fingerprint density at radius 2 is 0.841 bits per heavy atom. The lowest BCUT2D eigenvalue weighted by molar-refractivity contribution is 0.628. The van der Waals surface area contributed by atoms with Crippen LogP contribution < -0.4 is 5.32 Å². The van der Waals surface area contributed by atoms with Crippen molar-refractivity contribution in [2.24, 2.45) is 0 Å². The first-order valence-corrected chi connectivity index (χ1v) is 21.4. The first-order valence-electron chi connectivity index (χ1n) is 21.4. The van der Waals surface area contributed by atoms with E-state index in [4.69, 9.17) is 8.83 Å². The van der Waals surface area contributed by atoms with Crippen molar-refractivity contribution in [2.75, 3.05) is 5.32 Å². The third-order valence-corrected chi connectivity index (χ3v) is 12.4. The monoisotopic (exact) mass is 808 g/mol. The Bertz CT molecular complexity index is 3580. The van der Waals surface area contributed by atoms with E-state index >= 15 is 0 Å². The summed E-state index contributed by atoms with van der Waals surface area (Å²) < 4.78 is 16.3. The maximum Gasteiger partial charge on any atom is 0.143 e. The number of anilines is 2. The van der Waals surface area contributed by atoms with E-state index in [1.807, 2.05) is 12.1 Å². The molecule has 4 nitrogen and oxygen atoms in total. The minimum absolute atomic E-state index is 0.800. The van der Waals surface area contributed by atoms with Crippen LogP contribution in [0, 0.1) is 6.92 Å². The van der Waals surface area contributed by atoms with E-state index < -0.39 is 0 Å². The number of aryl methyl sites for hydroxylation is 1. The van der Waals surface area contributed by atoms with Crippen molar-refractivity contribution in [1.82, 2.24) is 4.57 Å². The summed E-state index contributed by atoms with van der Waals surface area (Å²) in [6.07, 6.45) is 0. The number of para-hydroxylation sites is 3. The second-order valence-corrected chi connectivity index (χ2v) is 16.2. The van der Waals surface area contributed by atoms with Crippen molar-refractivity contribution < 1.29 is 8.83 Å². The number of furan rings is 2. The average Bonchev–Trinajstić information content (AvgIpc) is 4.02. The molecule has 12 aromatic rings. The zero-order valence-electron chi connectivity index (χ0n) is 34.5. The molecule has 0 radical (unpaired) electrons. The predicted molar refractivity (Wildman–Crippen MR) is 262 cm³/mol. The van der Waals surface area contributed by atoms with Gasteiger partial charge in [0.1, 0.15) is 22.7 Å². The van der Waals surface area contributed by atoms with Crippen molar-refractivity contribution in [3.05, 3.63) is 224 Å². The summed E-state index contributed by atoms with van der Waals surface area (Å²) in [7, 11) is 0. The van der Waals surface area contributed by atoms with Crippen molar-refractivity contribution in [1.29, 1.82) is 0 Å². The molecule has 0 saturated carbocycles. The quantitative estimate of drug-likeness (QED) is 0.166. The Kier molecular flexibility index (Phi) is 8.68. The molecule has 0 aliphatic heterocycles. The molecule has 1 N–H and O–H groups in total. The van der Waals surface area contributed by atoms with Crippen LogP contribution in [-0.4, -0.2) is 4.57 Å². The largest absolute Gasteiger partial charge is 0.455 e. The highest BCUT2D eigenvalue weighted by Gasteiger charge is 2.24. The van der Waals surface area contributed by atoms with E-state index in [1.54, 1.807) is 0 Å². The lowest BCUT2D eigenvalue weighted by Gasteiger charge is -2.14. The fraction of sp³-hybridized carbons (Fsp3) is 0.0169. The normalized spacial score (nSPS) is 11.6. The summed E-state index contributed by atoms with van der Waals surface area (Å²) in [5.74, 6) is 1.65. The van der Waals surface area contributed by atoms with E-state index in [1.165, 1.54) is 38.5 Å². The standard InChI is InChI=1S/C59H40N2O2/c1-38-16-8-9-21-45(38)46-22-10-13-25-51(46)60-43-32-28-39(29-33-43)56-49-36-55-50(37-54(49)62-58(56)41-17-4-2-5-18-41)57(59(63-55)42-19-6-3-7-20-42)40-30-34-44(35-31-40)61-52-26-14-11-23-47(52)48-24-12-15-27-53(48)61/h2-37,60H,1H3. The first kappa shape index (κ1) is 36.5. The van der Waals surface area contributed by atoms with Crippen molar-refractivity contribution >= 4 is 55.1 Å². The van der Waals surface area contributed by atoms with Gasteiger partial charge in [-0.15, -0.1) is 0 Å². The van der Waals surface area contributed by atoms with E-state index in [-0.39, 0.29) is 0 Å². The molecule has 63 heavy (non-hydrogen) atoms. The molecule has 298 valence electrons. The minimum atomic E-state index is 0.800. The molecular weight excluding hydrogens is 769 g/mol. The van der Waals surface area contributed by atoms with Crippen LogP contribution in [-0.2, 0) is 0 Å². The number of rotatable bonds is 8. The number of benzene rings is 9. The molecule has 0 aliphatic rings. The Labute approximate surface area is 364 Å². The van der Waals surface area contributed by atoms with Gasteiger partial charge >= 0.3 is 0 Å². The van der Waals surface area contributed by atoms with Crippen LogP contribution in [0.25, 0.3) is 105 Å². The Morgan fingerprint density at radius 3 is 1.40 bits per heavy atom. The molecule has 3 aromatic heterocycles. The molecule has 9 aromatic carbocycles. The maximum absolute atomic E-state index is 6.96. The van der Waals surface area contributed by atoms with E-state index in [0.717, 1.165) is 83.9 Å². The second-order valence-electron chi connectivity index (χ2n) is 16.2. The lowest BCUT2D eigenvalue weighted by Crippen LogP contribution is -1.94. The summed E-state index contributed by atoms with van der Waals surface area (Å²) in [5, 5.41) is 8.19. The average molecular weight is 809 g/mol. The van der Waals surface area contributed by atoms with Crippen molar-refractivity contribution in [2.45, 2.75) is 6.92 Å². The van der Waals surface area contributed by atoms with Gasteiger partial charge in [-0.3, -0.25) is 0 Å². The number of nitrogens with one attached hydrogen (secondary N) is 1. The molecule has 0 saturated heterocycles. The molecule has 0 amide bonds. The van der Waals surface area contributed by atoms with Gasteiger partial charge in [-0.1, -0.05) is 164 Å². The van der Waals surface area contributed by atoms with Gasteiger partial charge in [0.2, 0.25) is 0 Å². The smallest absolute Gasteiger partial charge is 0.143 e. The molecule has 0 atom stereocenters. The number of aromatic nitrogens is 1. The van der Waals surface area contributed by atoms with Crippen molar-refractivity contribution in [3.8, 4) is 61.7 Å². The molecule has 0 spiro atoms. The minimum Gasteiger partial charge on any atom is -0.455 e. The number of hydrogen-bond donors (Lipinski definition) is 1. The van der Waals surface area contributed by atoms with Crippen LogP contribution in [0.2, 0.25) is 0 Å². The van der Waals surface area contributed by atoms with E-state index in [2.05, 4.69) is 223 Å². The molecule has 0 fully saturated rings. The van der Waals surface area contributed by atoms with Crippen LogP contribution in [0.15, 0.2) is 227 Å². The molecule has 0 bridgehead atoms. The summed E-state index contributed by atoms with van der Waals surface area (Å²) in [5.41, 5.74) is 17.0. The van der Waals surface area contributed by atoms with E-state index in [0.29, 0.717) is 0 Å². The summed E-state index contributed by atoms with van der Waals surface area (Å²) in [4.78, 5) is 0. The van der Waals surface area contributed by atoms with Crippen LogP contribution in [0.1, 0.15) is 5.56 Å². The Morgan fingerprint density at radius 1 is 0.381 bits per heavy atom.